The van der Waals surface area contributed by atoms with E-state index in [1.807, 2.05) is 13.8 Å². The molecule has 1 fully saturated rings. The molecule has 19 heavy (non-hydrogen) atoms. The number of hydrogen-bond donors (Lipinski definition) is 1. The summed E-state index contributed by atoms with van der Waals surface area (Å²) in [5, 5.41) is 8.74. The second-order valence-corrected chi connectivity index (χ2v) is 4.98. The van der Waals surface area contributed by atoms with Crippen LogP contribution in [0.15, 0.2) is 24.3 Å². The Morgan fingerprint density at radius 3 is 2.95 bits per heavy atom. The molecule has 0 unspecified atom stereocenters. The van der Waals surface area contributed by atoms with Crippen LogP contribution < -0.4 is 4.74 Å². The highest BCUT2D eigenvalue weighted by Gasteiger charge is 2.32. The van der Waals surface area contributed by atoms with Crippen LogP contribution in [-0.2, 0) is 20.7 Å². The number of rotatable bonds is 5. The first-order valence-corrected chi connectivity index (χ1v) is 6.20. The van der Waals surface area contributed by atoms with Crippen LogP contribution in [0.3, 0.4) is 0 Å². The number of aliphatic carboxylic acids is 1. The third-order valence-corrected chi connectivity index (χ3v) is 2.76. The van der Waals surface area contributed by atoms with E-state index in [-0.39, 0.29) is 12.5 Å². The van der Waals surface area contributed by atoms with Crippen molar-refractivity contribution in [2.75, 3.05) is 13.2 Å². The van der Waals surface area contributed by atoms with Crippen molar-refractivity contribution in [1.82, 2.24) is 0 Å². The first-order chi connectivity index (χ1) is 8.94. The Balaban J connectivity index is 1.88. The predicted octanol–water partition coefficient (Wildman–Crippen LogP) is 1.84. The van der Waals surface area contributed by atoms with Crippen molar-refractivity contribution in [2.24, 2.45) is 0 Å². The second kappa shape index (κ2) is 5.59. The van der Waals surface area contributed by atoms with E-state index in [0.29, 0.717) is 24.5 Å². The van der Waals surface area contributed by atoms with Gasteiger partial charge >= 0.3 is 5.97 Å². The van der Waals surface area contributed by atoms with Crippen molar-refractivity contribution in [1.29, 1.82) is 0 Å². The second-order valence-electron chi connectivity index (χ2n) is 4.98. The molecular weight excluding hydrogens is 248 g/mol. The summed E-state index contributed by atoms with van der Waals surface area (Å²) in [7, 11) is 0. The van der Waals surface area contributed by atoms with Gasteiger partial charge in [-0.25, -0.2) is 0 Å². The number of hydrogen-bond acceptors (Lipinski definition) is 4. The fourth-order valence-electron chi connectivity index (χ4n) is 1.95. The summed E-state index contributed by atoms with van der Waals surface area (Å²) in [6, 6.07) is 7.07. The molecule has 1 aliphatic rings. The van der Waals surface area contributed by atoms with Gasteiger partial charge in [-0.15, -0.1) is 0 Å². The van der Waals surface area contributed by atoms with Gasteiger partial charge in [0.25, 0.3) is 0 Å². The minimum absolute atomic E-state index is 0.00668. The van der Waals surface area contributed by atoms with Gasteiger partial charge in [-0.2, -0.15) is 0 Å². The molecule has 1 aromatic rings. The Morgan fingerprint density at radius 1 is 1.53 bits per heavy atom. The highest BCUT2D eigenvalue weighted by molar-refractivity contribution is 5.70. The molecule has 0 aliphatic carbocycles. The number of benzene rings is 1. The zero-order valence-electron chi connectivity index (χ0n) is 11.1. The number of carbonyl (C=O) groups is 1. The van der Waals surface area contributed by atoms with Gasteiger partial charge in [-0.3, -0.25) is 4.79 Å². The maximum atomic E-state index is 10.6. The van der Waals surface area contributed by atoms with E-state index >= 15 is 0 Å². The molecular formula is C14H18O5. The van der Waals surface area contributed by atoms with Gasteiger partial charge in [0.15, 0.2) is 5.79 Å². The topological polar surface area (TPSA) is 65.0 Å². The molecule has 5 nitrogen and oxygen atoms in total. The van der Waals surface area contributed by atoms with Gasteiger partial charge in [0, 0.05) is 0 Å². The van der Waals surface area contributed by atoms with Gasteiger partial charge in [0.2, 0.25) is 0 Å². The van der Waals surface area contributed by atoms with Crippen molar-refractivity contribution >= 4 is 5.97 Å². The van der Waals surface area contributed by atoms with Crippen LogP contribution >= 0.6 is 0 Å². The van der Waals surface area contributed by atoms with E-state index in [9.17, 15) is 4.79 Å². The molecule has 104 valence electrons. The van der Waals surface area contributed by atoms with Crippen molar-refractivity contribution < 1.29 is 24.1 Å². The summed E-state index contributed by atoms with van der Waals surface area (Å²) in [5.74, 6) is -0.766. The predicted molar refractivity (Wildman–Crippen MR) is 68.2 cm³/mol. The van der Waals surface area contributed by atoms with Gasteiger partial charge in [-0.05, 0) is 31.5 Å². The zero-order chi connectivity index (χ0) is 13.9. The van der Waals surface area contributed by atoms with Crippen LogP contribution in [-0.4, -0.2) is 36.2 Å². The van der Waals surface area contributed by atoms with Gasteiger partial charge < -0.3 is 19.3 Å². The Morgan fingerprint density at radius 2 is 2.32 bits per heavy atom. The molecule has 1 saturated heterocycles. The number of carboxylic acids is 1. The highest BCUT2D eigenvalue weighted by Crippen LogP contribution is 2.23. The minimum Gasteiger partial charge on any atom is -0.491 e. The summed E-state index contributed by atoms with van der Waals surface area (Å²) >= 11 is 0. The lowest BCUT2D eigenvalue weighted by atomic mass is 10.1. The third kappa shape index (κ3) is 4.22. The summed E-state index contributed by atoms with van der Waals surface area (Å²) < 4.78 is 16.7. The smallest absolute Gasteiger partial charge is 0.307 e. The Kier molecular flexibility index (Phi) is 4.07. The Hall–Kier alpha value is -1.59. The first kappa shape index (κ1) is 13.8. The fraction of sp³-hybridized carbons (Fsp3) is 0.500. The van der Waals surface area contributed by atoms with Gasteiger partial charge in [0.05, 0.1) is 13.0 Å². The molecule has 1 atom stereocenters. The van der Waals surface area contributed by atoms with Gasteiger partial charge in [-0.1, -0.05) is 12.1 Å². The normalized spacial score (nSPS) is 21.3. The monoisotopic (exact) mass is 266 g/mol. The molecule has 5 heteroatoms. The molecule has 0 bridgehead atoms. The minimum atomic E-state index is -0.855. The molecule has 1 N–H and O–H groups in total. The number of carboxylic acid groups (broad SMARTS) is 1. The van der Waals surface area contributed by atoms with E-state index < -0.39 is 11.8 Å². The third-order valence-electron chi connectivity index (χ3n) is 2.76. The van der Waals surface area contributed by atoms with E-state index in [1.54, 1.807) is 24.3 Å². The maximum Gasteiger partial charge on any atom is 0.307 e. The fourth-order valence-corrected chi connectivity index (χ4v) is 1.95. The van der Waals surface area contributed by atoms with E-state index in [1.165, 1.54) is 0 Å². The largest absolute Gasteiger partial charge is 0.491 e. The van der Waals surface area contributed by atoms with Crippen LogP contribution in [0.5, 0.6) is 5.75 Å². The lowest BCUT2D eigenvalue weighted by molar-refractivity contribution is -0.141. The average molecular weight is 266 g/mol. The summed E-state index contributed by atoms with van der Waals surface area (Å²) in [4.78, 5) is 10.6. The van der Waals surface area contributed by atoms with Crippen molar-refractivity contribution in [2.45, 2.75) is 32.2 Å². The van der Waals surface area contributed by atoms with Crippen molar-refractivity contribution in [3.8, 4) is 5.75 Å². The molecule has 0 aromatic heterocycles. The molecule has 1 aromatic carbocycles. The first-order valence-electron chi connectivity index (χ1n) is 6.20. The van der Waals surface area contributed by atoms with Crippen molar-refractivity contribution in [3.05, 3.63) is 29.8 Å². The average Bonchev–Trinajstić information content (AvgIpc) is 2.66. The standard InChI is InChI=1S/C14H18O5/c1-14(2)18-9-12(19-14)8-17-11-5-3-4-10(6-11)7-13(15)16/h3-6,12H,7-9H2,1-2H3,(H,15,16)/t12-/m1/s1. The molecule has 0 spiro atoms. The highest BCUT2D eigenvalue weighted by atomic mass is 16.7. The van der Waals surface area contributed by atoms with E-state index in [4.69, 9.17) is 19.3 Å². The summed E-state index contributed by atoms with van der Waals surface area (Å²) in [6.45, 7) is 4.61. The summed E-state index contributed by atoms with van der Waals surface area (Å²) in [6.07, 6.45) is -0.106. The summed E-state index contributed by atoms with van der Waals surface area (Å²) in [5.41, 5.74) is 0.717. The van der Waals surface area contributed by atoms with E-state index in [2.05, 4.69) is 0 Å². The van der Waals surface area contributed by atoms with Crippen molar-refractivity contribution in [3.63, 3.8) is 0 Å². The zero-order valence-corrected chi connectivity index (χ0v) is 11.1. The van der Waals surface area contributed by atoms with Crippen LogP contribution in [0.25, 0.3) is 0 Å². The van der Waals surface area contributed by atoms with Gasteiger partial charge in [0.1, 0.15) is 18.5 Å². The lowest BCUT2D eigenvalue weighted by Gasteiger charge is -2.17. The molecule has 0 amide bonds. The van der Waals surface area contributed by atoms with Crippen LogP contribution in [0.2, 0.25) is 0 Å². The quantitative estimate of drug-likeness (QED) is 0.881. The molecule has 1 heterocycles. The Labute approximate surface area is 112 Å². The molecule has 2 rings (SSSR count). The van der Waals surface area contributed by atoms with Crippen LogP contribution in [0, 0.1) is 0 Å². The number of ether oxygens (including phenoxy) is 3. The molecule has 0 radical (unpaired) electrons. The molecule has 0 saturated carbocycles. The van der Waals surface area contributed by atoms with Crippen LogP contribution in [0.4, 0.5) is 0 Å². The SMILES string of the molecule is CC1(C)OC[C@@H](COc2cccc(CC(=O)O)c2)O1. The maximum absolute atomic E-state index is 10.6. The Bertz CT molecular complexity index is 455. The van der Waals surface area contributed by atoms with E-state index in [0.717, 1.165) is 0 Å². The van der Waals surface area contributed by atoms with Crippen LogP contribution in [0.1, 0.15) is 19.4 Å². The lowest BCUT2D eigenvalue weighted by Crippen LogP contribution is -2.25. The molecule has 1 aliphatic heterocycles.